The summed E-state index contributed by atoms with van der Waals surface area (Å²) in [7, 11) is 0. The molecule has 0 saturated heterocycles. The lowest BCUT2D eigenvalue weighted by molar-refractivity contribution is -0.153. The number of esters is 1. The van der Waals surface area contributed by atoms with Crippen LogP contribution in [0.5, 0.6) is 0 Å². The van der Waals surface area contributed by atoms with Gasteiger partial charge in [-0.15, -0.1) is 0 Å². The molecule has 9 heteroatoms. The van der Waals surface area contributed by atoms with Crippen molar-refractivity contribution in [1.82, 2.24) is 5.32 Å². The smallest absolute Gasteiger partial charge is 0.416 e. The SMILES string of the molecule is CCOCCOC(=O)C1=C(C)NC(C)C(CC)(C(=O)O)C1c1cccc(C(F)(F)F)c1. The average molecular weight is 443 g/mol. The molecule has 2 rings (SSSR count). The van der Waals surface area contributed by atoms with Gasteiger partial charge < -0.3 is 19.9 Å². The van der Waals surface area contributed by atoms with Crippen LogP contribution in [0.15, 0.2) is 35.5 Å². The Labute approximate surface area is 179 Å². The van der Waals surface area contributed by atoms with E-state index < -0.39 is 41.1 Å². The largest absolute Gasteiger partial charge is 0.481 e. The van der Waals surface area contributed by atoms with E-state index in [1.165, 1.54) is 12.1 Å². The second-order valence-corrected chi connectivity index (χ2v) is 7.49. The van der Waals surface area contributed by atoms with Crippen molar-refractivity contribution in [2.45, 2.75) is 52.3 Å². The lowest BCUT2D eigenvalue weighted by atomic mass is 9.61. The van der Waals surface area contributed by atoms with Crippen LogP contribution in [0.2, 0.25) is 0 Å². The summed E-state index contributed by atoms with van der Waals surface area (Å²) in [6, 6.07) is 3.83. The van der Waals surface area contributed by atoms with E-state index in [4.69, 9.17) is 9.47 Å². The summed E-state index contributed by atoms with van der Waals surface area (Å²) in [5.74, 6) is -3.12. The third kappa shape index (κ3) is 4.87. The Morgan fingerprint density at radius 1 is 1.23 bits per heavy atom. The molecule has 0 fully saturated rings. The highest BCUT2D eigenvalue weighted by Crippen LogP contribution is 2.51. The maximum Gasteiger partial charge on any atom is 0.416 e. The standard InChI is InChI=1S/C22H28F3NO5/c1-5-21(20(28)29)14(4)26-13(3)17(19(27)31-11-10-30-6-2)18(21)15-8-7-9-16(12-15)22(23,24)25/h7-9,12,14,18,26H,5-6,10-11H2,1-4H3,(H,28,29). The number of aliphatic carboxylic acids is 1. The number of ether oxygens (including phenoxy) is 2. The fourth-order valence-electron chi connectivity index (χ4n) is 4.27. The van der Waals surface area contributed by atoms with Gasteiger partial charge >= 0.3 is 18.1 Å². The van der Waals surface area contributed by atoms with Crippen LogP contribution in [-0.4, -0.2) is 42.9 Å². The van der Waals surface area contributed by atoms with Crippen molar-refractivity contribution in [1.29, 1.82) is 0 Å². The zero-order valence-corrected chi connectivity index (χ0v) is 18.0. The average Bonchev–Trinajstić information content (AvgIpc) is 2.70. The Kier molecular flexibility index (Phi) is 7.75. The first-order valence-corrected chi connectivity index (χ1v) is 10.1. The number of benzene rings is 1. The van der Waals surface area contributed by atoms with Gasteiger partial charge in [0.05, 0.1) is 23.2 Å². The predicted octanol–water partition coefficient (Wildman–Crippen LogP) is 4.12. The molecule has 1 heterocycles. The molecule has 1 aliphatic rings. The van der Waals surface area contributed by atoms with Gasteiger partial charge in [-0.05, 0) is 38.8 Å². The summed E-state index contributed by atoms with van der Waals surface area (Å²) in [4.78, 5) is 25.5. The molecule has 1 aromatic carbocycles. The first-order chi connectivity index (χ1) is 14.5. The normalized spacial score (nSPS) is 24.0. The lowest BCUT2D eigenvalue weighted by Crippen LogP contribution is -2.56. The van der Waals surface area contributed by atoms with Crippen LogP contribution in [0.3, 0.4) is 0 Å². The van der Waals surface area contributed by atoms with Crippen LogP contribution in [-0.2, 0) is 25.2 Å². The van der Waals surface area contributed by atoms with Crippen molar-refractivity contribution < 1.29 is 37.3 Å². The molecule has 1 aliphatic heterocycles. The number of allylic oxidation sites excluding steroid dienone is 1. The van der Waals surface area contributed by atoms with Gasteiger partial charge in [-0.25, -0.2) is 4.79 Å². The minimum absolute atomic E-state index is 0.0122. The van der Waals surface area contributed by atoms with Crippen molar-refractivity contribution in [2.24, 2.45) is 5.41 Å². The van der Waals surface area contributed by atoms with Crippen LogP contribution < -0.4 is 5.32 Å². The summed E-state index contributed by atoms with van der Waals surface area (Å²) in [5.41, 5.74) is -1.98. The summed E-state index contributed by atoms with van der Waals surface area (Å²) in [6.45, 7) is 7.21. The van der Waals surface area contributed by atoms with E-state index in [0.29, 0.717) is 12.3 Å². The topological polar surface area (TPSA) is 84.9 Å². The molecular formula is C22H28F3NO5. The fourth-order valence-corrected chi connectivity index (χ4v) is 4.27. The molecule has 0 spiro atoms. The van der Waals surface area contributed by atoms with Gasteiger partial charge in [0, 0.05) is 24.3 Å². The molecule has 3 unspecified atom stereocenters. The quantitative estimate of drug-likeness (QED) is 0.465. The number of hydrogen-bond acceptors (Lipinski definition) is 5. The van der Waals surface area contributed by atoms with Gasteiger partial charge in [0.25, 0.3) is 0 Å². The molecule has 0 aromatic heterocycles. The third-order valence-corrected chi connectivity index (χ3v) is 5.83. The number of carbonyl (C=O) groups excluding carboxylic acids is 1. The Balaban J connectivity index is 2.65. The molecule has 0 radical (unpaired) electrons. The van der Waals surface area contributed by atoms with Crippen molar-refractivity contribution in [3.63, 3.8) is 0 Å². The number of carboxylic acids is 1. The van der Waals surface area contributed by atoms with E-state index in [2.05, 4.69) is 5.32 Å². The molecule has 31 heavy (non-hydrogen) atoms. The molecule has 3 atom stereocenters. The second-order valence-electron chi connectivity index (χ2n) is 7.49. The first-order valence-electron chi connectivity index (χ1n) is 10.1. The monoisotopic (exact) mass is 443 g/mol. The molecule has 6 nitrogen and oxygen atoms in total. The van der Waals surface area contributed by atoms with Gasteiger partial charge in [-0.1, -0.05) is 25.1 Å². The van der Waals surface area contributed by atoms with Gasteiger partial charge in [-0.2, -0.15) is 13.2 Å². The number of nitrogens with one attached hydrogen (secondary N) is 1. The molecular weight excluding hydrogens is 415 g/mol. The Bertz CT molecular complexity index is 852. The van der Waals surface area contributed by atoms with Crippen molar-refractivity contribution in [3.05, 3.63) is 46.7 Å². The maximum absolute atomic E-state index is 13.4. The molecule has 0 amide bonds. The van der Waals surface area contributed by atoms with Crippen LogP contribution in [0.1, 0.15) is 51.2 Å². The summed E-state index contributed by atoms with van der Waals surface area (Å²) < 4.78 is 50.5. The first kappa shape index (κ1) is 24.7. The van der Waals surface area contributed by atoms with Crippen LogP contribution in [0.25, 0.3) is 0 Å². The Hall–Kier alpha value is -2.55. The molecule has 1 aromatic rings. The molecule has 0 saturated carbocycles. The summed E-state index contributed by atoms with van der Waals surface area (Å²) in [6.07, 6.45) is -4.52. The van der Waals surface area contributed by atoms with E-state index in [0.717, 1.165) is 12.1 Å². The lowest BCUT2D eigenvalue weighted by Gasteiger charge is -2.46. The van der Waals surface area contributed by atoms with Crippen molar-refractivity contribution in [3.8, 4) is 0 Å². The fraction of sp³-hybridized carbons (Fsp3) is 0.545. The van der Waals surface area contributed by atoms with E-state index >= 15 is 0 Å². The maximum atomic E-state index is 13.4. The Morgan fingerprint density at radius 3 is 2.45 bits per heavy atom. The van der Waals surface area contributed by atoms with Gasteiger partial charge in [0.2, 0.25) is 0 Å². The summed E-state index contributed by atoms with van der Waals surface area (Å²) in [5, 5.41) is 13.2. The van der Waals surface area contributed by atoms with Crippen molar-refractivity contribution >= 4 is 11.9 Å². The molecule has 0 bridgehead atoms. The molecule has 172 valence electrons. The third-order valence-electron chi connectivity index (χ3n) is 5.83. The number of carboxylic acid groups (broad SMARTS) is 1. The van der Waals surface area contributed by atoms with E-state index in [1.54, 1.807) is 27.7 Å². The highest BCUT2D eigenvalue weighted by molar-refractivity contribution is 5.94. The number of rotatable bonds is 8. The number of hydrogen-bond donors (Lipinski definition) is 2. The van der Waals surface area contributed by atoms with Crippen LogP contribution >= 0.6 is 0 Å². The predicted molar refractivity (Wildman–Crippen MR) is 107 cm³/mol. The number of halogens is 3. The number of alkyl halides is 3. The van der Waals surface area contributed by atoms with Crippen molar-refractivity contribution in [2.75, 3.05) is 19.8 Å². The molecule has 2 N–H and O–H groups in total. The van der Waals surface area contributed by atoms with E-state index in [9.17, 15) is 27.9 Å². The van der Waals surface area contributed by atoms with E-state index in [1.807, 2.05) is 0 Å². The number of carbonyl (C=O) groups is 2. The van der Waals surface area contributed by atoms with Gasteiger partial charge in [0.15, 0.2) is 0 Å². The zero-order chi connectivity index (χ0) is 23.4. The zero-order valence-electron chi connectivity index (χ0n) is 18.0. The van der Waals surface area contributed by atoms with Crippen LogP contribution in [0.4, 0.5) is 13.2 Å². The van der Waals surface area contributed by atoms with E-state index in [-0.39, 0.29) is 30.8 Å². The van der Waals surface area contributed by atoms with Gasteiger partial charge in [0.1, 0.15) is 6.61 Å². The second kappa shape index (κ2) is 9.72. The Morgan fingerprint density at radius 2 is 1.90 bits per heavy atom. The molecule has 0 aliphatic carbocycles. The highest BCUT2D eigenvalue weighted by Gasteiger charge is 2.55. The minimum Gasteiger partial charge on any atom is -0.481 e. The minimum atomic E-state index is -4.61. The highest BCUT2D eigenvalue weighted by atomic mass is 19.4. The van der Waals surface area contributed by atoms with Gasteiger partial charge in [-0.3, -0.25) is 4.79 Å². The van der Waals surface area contributed by atoms with Crippen LogP contribution in [0, 0.1) is 5.41 Å². The summed E-state index contributed by atoms with van der Waals surface area (Å²) >= 11 is 0.